The van der Waals surface area contributed by atoms with Gasteiger partial charge in [-0.2, -0.15) is 0 Å². The van der Waals surface area contributed by atoms with Gasteiger partial charge in [-0.3, -0.25) is 19.8 Å². The maximum Gasteiger partial charge on any atom is 0.335 e. The van der Waals surface area contributed by atoms with Gasteiger partial charge in [0.15, 0.2) is 0 Å². The Morgan fingerprint density at radius 3 is 2.70 bits per heavy atom. The van der Waals surface area contributed by atoms with Gasteiger partial charge in [0.05, 0.1) is 5.56 Å². The van der Waals surface area contributed by atoms with Crippen LogP contribution in [0.4, 0.5) is 4.79 Å². The minimum Gasteiger partial charge on any atom is -0.478 e. The molecule has 4 amide bonds. The van der Waals surface area contributed by atoms with Crippen LogP contribution in [-0.2, 0) is 9.59 Å². The quantitative estimate of drug-likeness (QED) is 0.476. The molecule has 2 heterocycles. The lowest BCUT2D eigenvalue weighted by molar-refractivity contribution is -0.129. The normalized spacial score (nSPS) is 15.8. The lowest BCUT2D eigenvalue weighted by atomic mass is 10.1. The van der Waals surface area contributed by atoms with Crippen LogP contribution in [0.15, 0.2) is 59.0 Å². The molecule has 0 atom stereocenters. The summed E-state index contributed by atoms with van der Waals surface area (Å²) in [6.07, 6.45) is 2.59. The van der Waals surface area contributed by atoms with Gasteiger partial charge in [0.25, 0.3) is 11.8 Å². The average molecular weight is 366 g/mol. The summed E-state index contributed by atoms with van der Waals surface area (Å²) < 4.78 is 5.60. The van der Waals surface area contributed by atoms with Crippen LogP contribution in [-0.4, -0.2) is 40.4 Å². The van der Waals surface area contributed by atoms with E-state index >= 15 is 0 Å². The molecule has 0 bridgehead atoms. The van der Waals surface area contributed by atoms with Gasteiger partial charge in [-0.1, -0.05) is 18.2 Å². The molecule has 0 aliphatic carbocycles. The molecule has 2 aromatic rings. The number of nitrogens with zero attached hydrogens (tertiary/aromatic N) is 1. The predicted octanol–water partition coefficient (Wildman–Crippen LogP) is 2.29. The molecule has 1 saturated heterocycles. The van der Waals surface area contributed by atoms with E-state index in [1.165, 1.54) is 30.4 Å². The number of aromatic carboxylic acids is 1. The van der Waals surface area contributed by atoms with Crippen LogP contribution >= 0.6 is 0 Å². The average Bonchev–Trinajstić information content (AvgIpc) is 3.11. The minimum absolute atomic E-state index is 0.0410. The predicted molar refractivity (Wildman–Crippen MR) is 94.5 cm³/mol. The lowest BCUT2D eigenvalue weighted by Crippen LogP contribution is -2.54. The second kappa shape index (κ2) is 7.12. The number of rotatable bonds is 5. The molecule has 0 spiro atoms. The van der Waals surface area contributed by atoms with Gasteiger partial charge in [0.2, 0.25) is 0 Å². The monoisotopic (exact) mass is 366 g/mol. The number of furan rings is 1. The third-order valence-electron chi connectivity index (χ3n) is 3.80. The fourth-order valence-electron chi connectivity index (χ4n) is 2.52. The summed E-state index contributed by atoms with van der Waals surface area (Å²) in [7, 11) is 0. The molecule has 1 aliphatic heterocycles. The van der Waals surface area contributed by atoms with Crippen LogP contribution in [0.3, 0.4) is 0 Å². The van der Waals surface area contributed by atoms with Gasteiger partial charge < -0.3 is 9.52 Å². The first-order valence-electron chi connectivity index (χ1n) is 7.84. The Labute approximate surface area is 153 Å². The van der Waals surface area contributed by atoms with Crippen molar-refractivity contribution in [2.45, 2.75) is 0 Å². The number of barbiturate groups is 1. The lowest BCUT2D eigenvalue weighted by Gasteiger charge is -2.24. The highest BCUT2D eigenvalue weighted by atomic mass is 16.4. The first-order valence-corrected chi connectivity index (χ1v) is 7.84. The summed E-state index contributed by atoms with van der Waals surface area (Å²) in [5.41, 5.74) is 0.378. The summed E-state index contributed by atoms with van der Waals surface area (Å²) in [6.45, 7) is 3.43. The van der Waals surface area contributed by atoms with Crippen molar-refractivity contribution in [3.05, 3.63) is 65.9 Å². The summed E-state index contributed by atoms with van der Waals surface area (Å²) in [5.74, 6) is -2.07. The number of carboxylic acid groups (broad SMARTS) is 1. The van der Waals surface area contributed by atoms with E-state index in [-0.39, 0.29) is 23.4 Å². The minimum atomic E-state index is -1.07. The van der Waals surface area contributed by atoms with Gasteiger partial charge in [-0.05, 0) is 30.3 Å². The van der Waals surface area contributed by atoms with Crippen molar-refractivity contribution >= 4 is 29.9 Å². The number of carbonyl (C=O) groups excluding carboxylic acids is 3. The molecule has 2 N–H and O–H groups in total. The van der Waals surface area contributed by atoms with E-state index < -0.39 is 23.8 Å². The Hall–Kier alpha value is -3.94. The Bertz CT molecular complexity index is 1000. The fourth-order valence-corrected chi connectivity index (χ4v) is 2.52. The van der Waals surface area contributed by atoms with E-state index in [1.807, 2.05) is 0 Å². The molecule has 1 aliphatic rings. The highest BCUT2D eigenvalue weighted by Crippen LogP contribution is 2.25. The van der Waals surface area contributed by atoms with Crippen LogP contribution in [0, 0.1) is 0 Å². The smallest absolute Gasteiger partial charge is 0.335 e. The van der Waals surface area contributed by atoms with E-state index in [1.54, 1.807) is 18.2 Å². The summed E-state index contributed by atoms with van der Waals surface area (Å²) in [6, 6.07) is 8.46. The van der Waals surface area contributed by atoms with Gasteiger partial charge in [-0.25, -0.2) is 9.59 Å². The van der Waals surface area contributed by atoms with Crippen LogP contribution < -0.4 is 5.32 Å². The van der Waals surface area contributed by atoms with Crippen molar-refractivity contribution in [2.24, 2.45) is 0 Å². The van der Waals surface area contributed by atoms with Crippen molar-refractivity contribution in [1.29, 1.82) is 0 Å². The van der Waals surface area contributed by atoms with E-state index in [2.05, 4.69) is 11.9 Å². The Balaban J connectivity index is 1.92. The maximum absolute atomic E-state index is 12.4. The van der Waals surface area contributed by atoms with E-state index in [0.29, 0.717) is 11.3 Å². The molecule has 0 unspecified atom stereocenters. The number of amides is 4. The summed E-state index contributed by atoms with van der Waals surface area (Å²) in [5, 5.41) is 11.1. The molecule has 1 aromatic carbocycles. The summed E-state index contributed by atoms with van der Waals surface area (Å²) >= 11 is 0. The molecule has 0 radical (unpaired) electrons. The topological polar surface area (TPSA) is 117 Å². The highest BCUT2D eigenvalue weighted by Gasteiger charge is 2.35. The third kappa shape index (κ3) is 3.54. The number of benzene rings is 1. The first kappa shape index (κ1) is 17.9. The first-order chi connectivity index (χ1) is 12.9. The fraction of sp³-hybridized carbons (Fsp3) is 0.0526. The van der Waals surface area contributed by atoms with Crippen LogP contribution in [0.5, 0.6) is 0 Å². The number of carboxylic acids is 1. The molecule has 8 nitrogen and oxygen atoms in total. The number of imide groups is 2. The van der Waals surface area contributed by atoms with Crippen LogP contribution in [0.25, 0.3) is 17.4 Å². The van der Waals surface area contributed by atoms with Crippen molar-refractivity contribution in [3.8, 4) is 11.3 Å². The second-order valence-corrected chi connectivity index (χ2v) is 5.61. The maximum atomic E-state index is 12.4. The molecule has 1 fully saturated rings. The third-order valence-corrected chi connectivity index (χ3v) is 3.80. The van der Waals surface area contributed by atoms with E-state index in [4.69, 9.17) is 9.52 Å². The zero-order valence-corrected chi connectivity index (χ0v) is 14.0. The molecular formula is C19H14N2O6. The number of hydrogen-bond donors (Lipinski definition) is 2. The van der Waals surface area contributed by atoms with Crippen LogP contribution in [0.2, 0.25) is 0 Å². The van der Waals surface area contributed by atoms with Gasteiger partial charge in [-0.15, -0.1) is 6.58 Å². The molecule has 8 heteroatoms. The van der Waals surface area contributed by atoms with Crippen molar-refractivity contribution in [2.75, 3.05) is 6.54 Å². The van der Waals surface area contributed by atoms with E-state index in [9.17, 15) is 19.2 Å². The Kier molecular flexibility index (Phi) is 4.71. The highest BCUT2D eigenvalue weighted by molar-refractivity contribution is 6.30. The molecule has 1 aromatic heterocycles. The second-order valence-electron chi connectivity index (χ2n) is 5.61. The zero-order valence-electron chi connectivity index (χ0n) is 14.0. The molecular weight excluding hydrogens is 352 g/mol. The van der Waals surface area contributed by atoms with Gasteiger partial charge >= 0.3 is 12.0 Å². The Morgan fingerprint density at radius 1 is 1.22 bits per heavy atom. The van der Waals surface area contributed by atoms with Crippen LogP contribution in [0.1, 0.15) is 16.1 Å². The number of urea groups is 1. The standard InChI is InChI=1S/C19H14N2O6/c1-2-8-21-17(23)14(16(22)20-19(21)26)10-13-6-7-15(27-13)11-4-3-5-12(9-11)18(24)25/h2-7,9-10H,1,8H2,(H,24,25)(H,20,22,26)/b14-10-. The molecule has 136 valence electrons. The van der Waals surface area contributed by atoms with Crippen molar-refractivity contribution in [1.82, 2.24) is 10.2 Å². The molecule has 27 heavy (non-hydrogen) atoms. The number of hydrogen-bond acceptors (Lipinski definition) is 5. The number of carbonyl (C=O) groups is 4. The number of nitrogens with one attached hydrogen (secondary N) is 1. The van der Waals surface area contributed by atoms with Crippen molar-refractivity contribution < 1.29 is 28.7 Å². The zero-order chi connectivity index (χ0) is 19.6. The summed E-state index contributed by atoms with van der Waals surface area (Å²) in [4.78, 5) is 48.0. The van der Waals surface area contributed by atoms with E-state index in [0.717, 1.165) is 4.90 Å². The largest absolute Gasteiger partial charge is 0.478 e. The van der Waals surface area contributed by atoms with Gasteiger partial charge in [0.1, 0.15) is 17.1 Å². The molecule has 3 rings (SSSR count). The SMILES string of the molecule is C=CCN1C(=O)NC(=O)/C(=C/c2ccc(-c3cccc(C(=O)O)c3)o2)C1=O. The van der Waals surface area contributed by atoms with Crippen molar-refractivity contribution in [3.63, 3.8) is 0 Å². The Morgan fingerprint density at radius 2 is 2.00 bits per heavy atom. The molecule has 0 saturated carbocycles. The van der Waals surface area contributed by atoms with Gasteiger partial charge in [0, 0.05) is 12.1 Å².